The Balaban J connectivity index is 1.67. The molecule has 0 radical (unpaired) electrons. The van der Waals surface area contributed by atoms with Crippen LogP contribution in [0.4, 0.5) is 0 Å². The Labute approximate surface area is 164 Å². The van der Waals surface area contributed by atoms with E-state index in [-0.39, 0.29) is 17.8 Å². The van der Waals surface area contributed by atoms with Crippen molar-refractivity contribution in [3.8, 4) is 17.0 Å². The van der Waals surface area contributed by atoms with E-state index in [1.165, 1.54) is 4.52 Å². The zero-order valence-corrected chi connectivity index (χ0v) is 16.0. The molecule has 3 aromatic heterocycles. The Hall–Kier alpha value is -3.95. The number of nitrogens with zero attached hydrogens (tertiary/aromatic N) is 4. The highest BCUT2D eigenvalue weighted by Gasteiger charge is 2.20. The van der Waals surface area contributed by atoms with Crippen molar-refractivity contribution < 1.29 is 14.1 Å². The monoisotopic (exact) mass is 394 g/mol. The summed E-state index contributed by atoms with van der Waals surface area (Å²) in [5.41, 5.74) is 2.16. The van der Waals surface area contributed by atoms with Crippen LogP contribution in [0.15, 0.2) is 39.8 Å². The average molecular weight is 394 g/mol. The summed E-state index contributed by atoms with van der Waals surface area (Å²) in [4.78, 5) is 28.1. The summed E-state index contributed by atoms with van der Waals surface area (Å²) in [6.45, 7) is 3.75. The molecule has 2 N–H and O–H groups in total. The summed E-state index contributed by atoms with van der Waals surface area (Å²) in [7, 11) is 1.55. The maximum atomic E-state index is 12.7. The van der Waals surface area contributed by atoms with Gasteiger partial charge in [-0.2, -0.15) is 0 Å². The maximum absolute atomic E-state index is 12.7. The predicted octanol–water partition coefficient (Wildman–Crippen LogP) is 1.63. The van der Waals surface area contributed by atoms with Crippen LogP contribution in [-0.4, -0.2) is 38.0 Å². The number of rotatable bonds is 5. The third-order valence-corrected chi connectivity index (χ3v) is 4.63. The van der Waals surface area contributed by atoms with Gasteiger partial charge in [0.05, 0.1) is 24.7 Å². The molecule has 1 aromatic carbocycles. The van der Waals surface area contributed by atoms with Gasteiger partial charge < -0.3 is 19.6 Å². The van der Waals surface area contributed by atoms with Crippen molar-refractivity contribution in [2.24, 2.45) is 0 Å². The van der Waals surface area contributed by atoms with Gasteiger partial charge in [0.25, 0.3) is 11.5 Å². The molecule has 10 nitrogen and oxygen atoms in total. The number of aromatic nitrogens is 5. The van der Waals surface area contributed by atoms with Crippen molar-refractivity contribution in [2.75, 3.05) is 7.11 Å². The number of aromatic amines is 1. The first-order valence-electron chi connectivity index (χ1n) is 8.81. The molecule has 4 rings (SSSR count). The van der Waals surface area contributed by atoms with E-state index in [2.05, 4.69) is 25.8 Å². The zero-order chi connectivity index (χ0) is 20.5. The molecule has 0 unspecified atom stereocenters. The van der Waals surface area contributed by atoms with Gasteiger partial charge in [-0.05, 0) is 26.0 Å². The normalized spacial score (nSPS) is 11.0. The number of amides is 1. The van der Waals surface area contributed by atoms with Crippen LogP contribution in [-0.2, 0) is 6.54 Å². The number of aryl methyl sites for hydroxylation is 2. The molecule has 4 aromatic rings. The molecular weight excluding hydrogens is 376 g/mol. The number of H-pyrrole nitrogens is 1. The lowest BCUT2D eigenvalue weighted by Gasteiger charge is -2.08. The van der Waals surface area contributed by atoms with Gasteiger partial charge in [0, 0.05) is 17.7 Å². The van der Waals surface area contributed by atoms with Gasteiger partial charge in [-0.15, -0.1) is 5.10 Å². The third-order valence-electron chi connectivity index (χ3n) is 4.63. The molecule has 0 fully saturated rings. The fourth-order valence-electron chi connectivity index (χ4n) is 3.10. The lowest BCUT2D eigenvalue weighted by molar-refractivity contribution is 0.0947. The number of hydrogen-bond acceptors (Lipinski definition) is 7. The van der Waals surface area contributed by atoms with Crippen LogP contribution in [0.1, 0.15) is 27.5 Å². The van der Waals surface area contributed by atoms with Crippen molar-refractivity contribution in [2.45, 2.75) is 20.4 Å². The van der Waals surface area contributed by atoms with Crippen LogP contribution in [0.3, 0.4) is 0 Å². The van der Waals surface area contributed by atoms with E-state index in [1.807, 2.05) is 18.2 Å². The molecule has 0 aliphatic heterocycles. The molecule has 0 aliphatic rings. The van der Waals surface area contributed by atoms with Gasteiger partial charge in [-0.3, -0.25) is 9.59 Å². The average Bonchev–Trinajstić information content (AvgIpc) is 3.30. The fraction of sp³-hybridized carbons (Fsp3) is 0.211. The molecule has 0 saturated heterocycles. The van der Waals surface area contributed by atoms with E-state index in [1.54, 1.807) is 33.2 Å². The first kappa shape index (κ1) is 18.4. The van der Waals surface area contributed by atoms with Crippen LogP contribution in [0.5, 0.6) is 5.75 Å². The van der Waals surface area contributed by atoms with Crippen molar-refractivity contribution in [1.82, 2.24) is 30.3 Å². The van der Waals surface area contributed by atoms with Crippen LogP contribution in [0.25, 0.3) is 16.8 Å². The molecule has 0 aliphatic carbocycles. The summed E-state index contributed by atoms with van der Waals surface area (Å²) >= 11 is 0. The smallest absolute Gasteiger partial charge is 0.276 e. The second-order valence-electron chi connectivity index (χ2n) is 6.41. The summed E-state index contributed by atoms with van der Waals surface area (Å²) in [5, 5.41) is 14.4. The highest BCUT2D eigenvalue weighted by atomic mass is 16.5. The Bertz CT molecular complexity index is 1250. The van der Waals surface area contributed by atoms with E-state index in [0.717, 1.165) is 5.56 Å². The first-order chi connectivity index (χ1) is 14.0. The predicted molar refractivity (Wildman–Crippen MR) is 103 cm³/mol. The second kappa shape index (κ2) is 7.23. The second-order valence-corrected chi connectivity index (χ2v) is 6.41. The van der Waals surface area contributed by atoms with Crippen LogP contribution >= 0.6 is 0 Å². The summed E-state index contributed by atoms with van der Waals surface area (Å²) in [5.74, 6) is 0.700. The van der Waals surface area contributed by atoms with Crippen LogP contribution < -0.4 is 15.6 Å². The van der Waals surface area contributed by atoms with E-state index >= 15 is 0 Å². The fourth-order valence-corrected chi connectivity index (χ4v) is 3.10. The molecule has 0 spiro atoms. The van der Waals surface area contributed by atoms with Gasteiger partial charge in [-0.1, -0.05) is 22.5 Å². The largest absolute Gasteiger partial charge is 0.496 e. The topological polar surface area (TPSA) is 127 Å². The van der Waals surface area contributed by atoms with Gasteiger partial charge in [0.15, 0.2) is 11.2 Å². The van der Waals surface area contributed by atoms with Crippen LogP contribution in [0.2, 0.25) is 0 Å². The number of methoxy groups -OCH3 is 1. The number of carbonyl (C=O) groups excluding carboxylic acids is 1. The minimum absolute atomic E-state index is 0.0555. The molecule has 0 atom stereocenters. The molecule has 148 valence electrons. The van der Waals surface area contributed by atoms with E-state index in [0.29, 0.717) is 28.5 Å². The van der Waals surface area contributed by atoms with Gasteiger partial charge in [-0.25, -0.2) is 4.52 Å². The molecule has 29 heavy (non-hydrogen) atoms. The SMILES string of the molecule is COc1ccccc1-c1cn2nnc(C(=O)NCc3c(C)noc3C)c2c(=O)[nH]1. The number of nitrogens with one attached hydrogen (secondary N) is 2. The maximum Gasteiger partial charge on any atom is 0.276 e. The molecule has 0 saturated carbocycles. The molecule has 0 bridgehead atoms. The number of benzene rings is 1. The Morgan fingerprint density at radius 2 is 2.10 bits per heavy atom. The highest BCUT2D eigenvalue weighted by molar-refractivity contribution is 5.98. The van der Waals surface area contributed by atoms with Gasteiger partial charge >= 0.3 is 0 Å². The van der Waals surface area contributed by atoms with Crippen molar-refractivity contribution in [1.29, 1.82) is 0 Å². The van der Waals surface area contributed by atoms with E-state index in [4.69, 9.17) is 9.26 Å². The molecule has 3 heterocycles. The first-order valence-corrected chi connectivity index (χ1v) is 8.81. The number of carbonyl (C=O) groups is 1. The Morgan fingerprint density at radius 3 is 2.83 bits per heavy atom. The summed E-state index contributed by atoms with van der Waals surface area (Å²) in [6, 6.07) is 7.25. The van der Waals surface area contributed by atoms with E-state index < -0.39 is 11.5 Å². The lowest BCUT2D eigenvalue weighted by atomic mass is 10.1. The van der Waals surface area contributed by atoms with E-state index in [9.17, 15) is 9.59 Å². The number of ether oxygens (including phenoxy) is 1. The lowest BCUT2D eigenvalue weighted by Crippen LogP contribution is -2.25. The minimum atomic E-state index is -0.518. The third kappa shape index (κ3) is 3.24. The van der Waals surface area contributed by atoms with Crippen LogP contribution in [0, 0.1) is 13.8 Å². The quantitative estimate of drug-likeness (QED) is 0.526. The molecular formula is C19H18N6O4. The van der Waals surface area contributed by atoms with Gasteiger partial charge in [0.2, 0.25) is 0 Å². The molecule has 1 amide bonds. The number of para-hydroxylation sites is 1. The van der Waals surface area contributed by atoms with Gasteiger partial charge in [0.1, 0.15) is 11.5 Å². The zero-order valence-electron chi connectivity index (χ0n) is 16.0. The Kier molecular flexibility index (Phi) is 4.59. The number of hydrogen-bond donors (Lipinski definition) is 2. The number of fused-ring (bicyclic) bond motifs is 1. The van der Waals surface area contributed by atoms with Crippen molar-refractivity contribution in [3.63, 3.8) is 0 Å². The summed E-state index contributed by atoms with van der Waals surface area (Å²) in [6.07, 6.45) is 1.59. The Morgan fingerprint density at radius 1 is 1.31 bits per heavy atom. The standard InChI is InChI=1S/C19H18N6O4/c1-10-13(11(2)29-23-10)8-20-18(26)16-17-19(27)21-14(9-25(17)24-22-16)12-6-4-5-7-15(12)28-3/h4-7,9H,8H2,1-3H3,(H,20,26)(H,21,27). The van der Waals surface area contributed by atoms with Crippen molar-refractivity contribution >= 4 is 11.4 Å². The highest BCUT2D eigenvalue weighted by Crippen LogP contribution is 2.27. The van der Waals surface area contributed by atoms with Crippen molar-refractivity contribution in [3.05, 3.63) is 63.5 Å². The molecule has 10 heteroatoms. The summed E-state index contributed by atoms with van der Waals surface area (Å²) < 4.78 is 11.7. The minimum Gasteiger partial charge on any atom is -0.496 e.